The van der Waals surface area contributed by atoms with E-state index in [-0.39, 0.29) is 10.0 Å². The highest BCUT2D eigenvalue weighted by atomic mass is 35.5. The lowest BCUT2D eigenvalue weighted by Gasteiger charge is -2.16. The molecule has 0 radical (unpaired) electrons. The Balaban J connectivity index is 2.36. The van der Waals surface area contributed by atoms with Gasteiger partial charge in [0.25, 0.3) is 0 Å². The molecule has 120 valence electrons. The van der Waals surface area contributed by atoms with Crippen LogP contribution >= 0.6 is 34.8 Å². The second kappa shape index (κ2) is 6.37. The number of aromatic nitrogens is 2. The zero-order valence-electron chi connectivity index (χ0n) is 12.1. The minimum absolute atomic E-state index is 0.0337. The van der Waals surface area contributed by atoms with Crippen LogP contribution in [0.5, 0.6) is 0 Å². The molecule has 0 amide bonds. The van der Waals surface area contributed by atoms with Crippen molar-refractivity contribution in [1.82, 2.24) is 14.5 Å². The molecule has 1 N–H and O–H groups in total. The molecule has 0 aliphatic rings. The third-order valence-electron chi connectivity index (χ3n) is 3.13. The third kappa shape index (κ3) is 3.41. The third-order valence-corrected chi connectivity index (χ3v) is 5.93. The highest BCUT2D eigenvalue weighted by Gasteiger charge is 2.27. The normalized spacial score (nSPS) is 13.4. The predicted molar refractivity (Wildman–Crippen MR) is 88.2 cm³/mol. The van der Waals surface area contributed by atoms with Crippen LogP contribution in [-0.4, -0.2) is 18.2 Å². The van der Waals surface area contributed by atoms with Crippen LogP contribution in [0.25, 0.3) is 0 Å². The van der Waals surface area contributed by atoms with Gasteiger partial charge in [0, 0.05) is 23.1 Å². The monoisotopic (exact) mass is 381 g/mol. The number of sulfonamides is 1. The zero-order chi connectivity index (χ0) is 16.7. The van der Waals surface area contributed by atoms with Gasteiger partial charge in [0.15, 0.2) is 0 Å². The molecule has 22 heavy (non-hydrogen) atoms. The van der Waals surface area contributed by atoms with Crippen molar-refractivity contribution in [3.05, 3.63) is 44.7 Å². The molecule has 0 spiro atoms. The van der Waals surface area contributed by atoms with E-state index in [1.165, 1.54) is 4.68 Å². The Bertz CT molecular complexity index is 818. The van der Waals surface area contributed by atoms with Crippen molar-refractivity contribution in [1.29, 1.82) is 0 Å². The first-order valence-electron chi connectivity index (χ1n) is 6.30. The number of hydrogen-bond acceptors (Lipinski definition) is 3. The molecule has 1 atom stereocenters. The lowest BCUT2D eigenvalue weighted by atomic mass is 10.1. The van der Waals surface area contributed by atoms with Crippen LogP contribution in [0, 0.1) is 6.92 Å². The summed E-state index contributed by atoms with van der Waals surface area (Å²) in [5.41, 5.74) is 0.946. The topological polar surface area (TPSA) is 64.0 Å². The molecule has 1 unspecified atom stereocenters. The average molecular weight is 383 g/mol. The maximum absolute atomic E-state index is 12.5. The summed E-state index contributed by atoms with van der Waals surface area (Å²) < 4.78 is 28.9. The molecule has 0 fully saturated rings. The Labute approximate surface area is 144 Å². The number of nitrogens with one attached hydrogen (secondary N) is 1. The summed E-state index contributed by atoms with van der Waals surface area (Å²) in [4.78, 5) is -0.0337. The van der Waals surface area contributed by atoms with Crippen LogP contribution in [0.2, 0.25) is 15.2 Å². The highest BCUT2D eigenvalue weighted by Crippen LogP contribution is 2.29. The summed E-state index contributed by atoms with van der Waals surface area (Å²) >= 11 is 18.0. The fourth-order valence-electron chi connectivity index (χ4n) is 2.12. The number of hydrogen-bond donors (Lipinski definition) is 1. The van der Waals surface area contributed by atoms with E-state index >= 15 is 0 Å². The molecule has 2 rings (SSSR count). The van der Waals surface area contributed by atoms with Crippen molar-refractivity contribution in [3.63, 3.8) is 0 Å². The summed E-state index contributed by atoms with van der Waals surface area (Å²) in [7, 11) is -2.25. The lowest BCUT2D eigenvalue weighted by molar-refractivity contribution is 0.566. The van der Waals surface area contributed by atoms with E-state index in [2.05, 4.69) is 9.82 Å². The molecule has 5 nitrogen and oxygen atoms in total. The number of halogens is 3. The molecular formula is C13H14Cl3N3O2S. The maximum atomic E-state index is 12.5. The molecule has 0 saturated heterocycles. The fourth-order valence-corrected chi connectivity index (χ4v) is 4.67. The minimum Gasteiger partial charge on any atom is -0.255 e. The Morgan fingerprint density at radius 3 is 2.41 bits per heavy atom. The van der Waals surface area contributed by atoms with E-state index in [0.717, 1.165) is 0 Å². The van der Waals surface area contributed by atoms with Gasteiger partial charge < -0.3 is 0 Å². The Kier molecular flexibility index (Phi) is 5.09. The first-order valence-corrected chi connectivity index (χ1v) is 8.91. The Morgan fingerprint density at radius 1 is 1.27 bits per heavy atom. The molecular weight excluding hydrogens is 369 g/mol. The van der Waals surface area contributed by atoms with E-state index in [0.29, 0.717) is 21.3 Å². The van der Waals surface area contributed by atoms with E-state index < -0.39 is 16.1 Å². The van der Waals surface area contributed by atoms with Gasteiger partial charge in [-0.15, -0.1) is 0 Å². The molecule has 0 bridgehead atoms. The highest BCUT2D eigenvalue weighted by molar-refractivity contribution is 7.89. The van der Waals surface area contributed by atoms with Crippen LogP contribution < -0.4 is 4.72 Å². The SMILES string of the molecule is Cc1nn(C)c(Cl)c1S(=O)(=O)NC(C)c1ccc(Cl)cc1Cl. The molecule has 2 aromatic rings. The predicted octanol–water partition coefficient (Wildman–Crippen LogP) is 3.73. The van der Waals surface area contributed by atoms with Gasteiger partial charge >= 0.3 is 0 Å². The van der Waals surface area contributed by atoms with Crippen LogP contribution in [0.4, 0.5) is 0 Å². The van der Waals surface area contributed by atoms with Crippen molar-refractivity contribution in [3.8, 4) is 0 Å². The van der Waals surface area contributed by atoms with Gasteiger partial charge in [0.2, 0.25) is 10.0 Å². The average Bonchev–Trinajstić information content (AvgIpc) is 2.62. The van der Waals surface area contributed by atoms with Crippen LogP contribution in [0.1, 0.15) is 24.2 Å². The molecule has 0 saturated carbocycles. The van der Waals surface area contributed by atoms with E-state index in [4.69, 9.17) is 34.8 Å². The van der Waals surface area contributed by atoms with Crippen molar-refractivity contribution in [2.45, 2.75) is 24.8 Å². The first kappa shape index (κ1) is 17.6. The standard InChI is InChI=1S/C13H14Cl3N3O2S/c1-7(10-5-4-9(14)6-11(10)15)18-22(20,21)12-8(2)17-19(3)13(12)16/h4-7,18H,1-3H3. The minimum atomic E-state index is -3.83. The Hall–Kier alpha value is -0.790. The zero-order valence-corrected chi connectivity index (χ0v) is 15.1. The molecule has 1 aromatic carbocycles. The summed E-state index contributed by atoms with van der Waals surface area (Å²) in [5, 5.41) is 4.93. The van der Waals surface area contributed by atoms with Gasteiger partial charge in [-0.05, 0) is 31.5 Å². The van der Waals surface area contributed by atoms with E-state index in [1.54, 1.807) is 39.1 Å². The second-order valence-corrected chi connectivity index (χ2v) is 7.69. The van der Waals surface area contributed by atoms with Gasteiger partial charge in [-0.3, -0.25) is 4.68 Å². The van der Waals surface area contributed by atoms with Crippen molar-refractivity contribution >= 4 is 44.8 Å². The van der Waals surface area contributed by atoms with E-state index in [1.807, 2.05) is 0 Å². The first-order chi connectivity index (χ1) is 10.1. The van der Waals surface area contributed by atoms with Crippen LogP contribution in [0.15, 0.2) is 23.1 Å². The summed E-state index contributed by atoms with van der Waals surface area (Å²) in [6.07, 6.45) is 0. The number of rotatable bonds is 4. The largest absolute Gasteiger partial charge is 0.255 e. The molecule has 0 aliphatic heterocycles. The molecule has 0 aliphatic carbocycles. The van der Waals surface area contributed by atoms with Crippen LogP contribution in [0.3, 0.4) is 0 Å². The molecule has 1 aromatic heterocycles. The fraction of sp³-hybridized carbons (Fsp3) is 0.308. The van der Waals surface area contributed by atoms with Crippen molar-refractivity contribution < 1.29 is 8.42 Å². The molecule has 9 heteroatoms. The maximum Gasteiger partial charge on any atom is 0.246 e. The summed E-state index contributed by atoms with van der Waals surface area (Å²) in [6, 6.07) is 4.34. The molecule has 1 heterocycles. The van der Waals surface area contributed by atoms with Crippen LogP contribution in [-0.2, 0) is 17.1 Å². The van der Waals surface area contributed by atoms with Gasteiger partial charge in [-0.2, -0.15) is 5.10 Å². The number of aryl methyl sites for hydroxylation is 2. The summed E-state index contributed by atoms with van der Waals surface area (Å²) in [6.45, 7) is 3.27. The lowest BCUT2D eigenvalue weighted by Crippen LogP contribution is -2.27. The number of benzene rings is 1. The van der Waals surface area contributed by atoms with Crippen molar-refractivity contribution in [2.75, 3.05) is 0 Å². The number of nitrogens with zero attached hydrogens (tertiary/aromatic N) is 2. The van der Waals surface area contributed by atoms with Gasteiger partial charge in [0.05, 0.1) is 5.69 Å². The quantitative estimate of drug-likeness (QED) is 0.876. The smallest absolute Gasteiger partial charge is 0.246 e. The Morgan fingerprint density at radius 2 is 1.91 bits per heavy atom. The van der Waals surface area contributed by atoms with Gasteiger partial charge in [-0.1, -0.05) is 40.9 Å². The second-order valence-electron chi connectivity index (χ2n) is 4.84. The van der Waals surface area contributed by atoms with Gasteiger partial charge in [-0.25, -0.2) is 13.1 Å². The summed E-state index contributed by atoms with van der Waals surface area (Å²) in [5.74, 6) is 0. The van der Waals surface area contributed by atoms with Gasteiger partial charge in [0.1, 0.15) is 10.0 Å². The van der Waals surface area contributed by atoms with E-state index in [9.17, 15) is 8.42 Å². The van der Waals surface area contributed by atoms with Crippen molar-refractivity contribution in [2.24, 2.45) is 7.05 Å².